The second-order valence-corrected chi connectivity index (χ2v) is 9.27. The normalized spacial score (nSPS) is 13.8. The lowest BCUT2D eigenvalue weighted by Gasteiger charge is -2.36. The lowest BCUT2D eigenvalue weighted by atomic mass is 10.0. The molecule has 1 fully saturated rings. The number of hydrogen-bond donors (Lipinski definition) is 0. The molecule has 0 bridgehead atoms. The zero-order valence-electron chi connectivity index (χ0n) is 19.7. The van der Waals surface area contributed by atoms with Gasteiger partial charge >= 0.3 is 0 Å². The van der Waals surface area contributed by atoms with Crippen molar-refractivity contribution in [1.82, 2.24) is 14.7 Å². The van der Waals surface area contributed by atoms with Crippen LogP contribution in [0.5, 0.6) is 0 Å². The average Bonchev–Trinajstić information content (AvgIpc) is 3.32. The highest BCUT2D eigenvalue weighted by molar-refractivity contribution is 6.30. The van der Waals surface area contributed by atoms with E-state index in [9.17, 15) is 9.18 Å². The first-order valence-electron chi connectivity index (χ1n) is 11.6. The number of halogens is 2. The van der Waals surface area contributed by atoms with Crippen molar-refractivity contribution in [2.24, 2.45) is 0 Å². The quantitative estimate of drug-likeness (QED) is 0.358. The predicted molar refractivity (Wildman–Crippen MR) is 138 cm³/mol. The Kier molecular flexibility index (Phi) is 6.31. The Balaban J connectivity index is 1.45. The van der Waals surface area contributed by atoms with Crippen LogP contribution in [0.1, 0.15) is 21.6 Å². The molecular weight excluding hydrogens is 463 g/mol. The maximum Gasteiger partial charge on any atom is 0.272 e. The van der Waals surface area contributed by atoms with E-state index in [2.05, 4.69) is 26.0 Å². The van der Waals surface area contributed by atoms with Gasteiger partial charge in [0, 0.05) is 36.8 Å². The number of amides is 1. The Morgan fingerprint density at radius 2 is 1.60 bits per heavy atom. The molecule has 1 saturated heterocycles. The lowest BCUT2D eigenvalue weighted by Crippen LogP contribution is -2.49. The van der Waals surface area contributed by atoms with Crippen molar-refractivity contribution >= 4 is 23.2 Å². The zero-order valence-corrected chi connectivity index (χ0v) is 20.5. The van der Waals surface area contributed by atoms with E-state index in [0.29, 0.717) is 42.6 Å². The summed E-state index contributed by atoms with van der Waals surface area (Å²) in [6, 6.07) is 22.1. The summed E-state index contributed by atoms with van der Waals surface area (Å²) < 4.78 is 15.9. The van der Waals surface area contributed by atoms with Gasteiger partial charge in [0.2, 0.25) is 0 Å². The molecule has 0 spiro atoms. The molecule has 0 atom stereocenters. The van der Waals surface area contributed by atoms with Crippen LogP contribution < -0.4 is 4.90 Å². The fourth-order valence-electron chi connectivity index (χ4n) is 4.38. The molecule has 178 valence electrons. The predicted octanol–water partition coefficient (Wildman–Crippen LogP) is 5.91. The summed E-state index contributed by atoms with van der Waals surface area (Å²) in [4.78, 5) is 17.5. The van der Waals surface area contributed by atoms with Crippen molar-refractivity contribution in [3.63, 3.8) is 0 Å². The Morgan fingerprint density at radius 1 is 0.886 bits per heavy atom. The highest BCUT2D eigenvalue weighted by Crippen LogP contribution is 2.26. The van der Waals surface area contributed by atoms with Crippen molar-refractivity contribution < 1.29 is 9.18 Å². The van der Waals surface area contributed by atoms with Crippen LogP contribution in [-0.4, -0.2) is 46.8 Å². The van der Waals surface area contributed by atoms with E-state index >= 15 is 0 Å². The van der Waals surface area contributed by atoms with Crippen molar-refractivity contribution in [3.05, 3.63) is 100 Å². The lowest BCUT2D eigenvalue weighted by molar-refractivity contribution is 0.0737. The first-order chi connectivity index (χ1) is 16.9. The van der Waals surface area contributed by atoms with Gasteiger partial charge in [0.25, 0.3) is 5.91 Å². The minimum absolute atomic E-state index is 0.101. The summed E-state index contributed by atoms with van der Waals surface area (Å²) in [6.45, 7) is 6.25. The fourth-order valence-corrected chi connectivity index (χ4v) is 4.50. The number of aryl methyl sites for hydroxylation is 2. The van der Waals surface area contributed by atoms with Gasteiger partial charge in [-0.05, 0) is 73.5 Å². The summed E-state index contributed by atoms with van der Waals surface area (Å²) >= 11 is 6.10. The van der Waals surface area contributed by atoms with Crippen LogP contribution in [0, 0.1) is 19.7 Å². The number of hydrogen-bond acceptors (Lipinski definition) is 3. The summed E-state index contributed by atoms with van der Waals surface area (Å²) in [5.74, 6) is -0.346. The molecule has 35 heavy (non-hydrogen) atoms. The molecule has 0 unspecified atom stereocenters. The molecule has 3 aromatic carbocycles. The van der Waals surface area contributed by atoms with Gasteiger partial charge in [-0.15, -0.1) is 0 Å². The van der Waals surface area contributed by atoms with Crippen LogP contribution in [0.4, 0.5) is 10.1 Å². The molecule has 2 heterocycles. The van der Waals surface area contributed by atoms with Gasteiger partial charge < -0.3 is 9.80 Å². The third-order valence-corrected chi connectivity index (χ3v) is 6.81. The molecule has 1 amide bonds. The van der Waals surface area contributed by atoms with Gasteiger partial charge in [-0.1, -0.05) is 35.9 Å². The van der Waals surface area contributed by atoms with Crippen LogP contribution in [0.25, 0.3) is 16.9 Å². The number of anilines is 1. The van der Waals surface area contributed by atoms with Crippen LogP contribution in [0.15, 0.2) is 72.8 Å². The van der Waals surface area contributed by atoms with Crippen molar-refractivity contribution in [1.29, 1.82) is 0 Å². The molecule has 0 N–H and O–H groups in total. The van der Waals surface area contributed by atoms with Crippen LogP contribution >= 0.6 is 11.6 Å². The first-order valence-corrected chi connectivity index (χ1v) is 12.0. The molecule has 0 aliphatic carbocycles. The molecular formula is C28H26ClFN4O. The number of carbonyl (C=O) groups is 1. The Bertz CT molecular complexity index is 1370. The second-order valence-electron chi connectivity index (χ2n) is 8.83. The number of aromatic nitrogens is 2. The number of nitrogens with zero attached hydrogens (tertiary/aromatic N) is 4. The van der Waals surface area contributed by atoms with E-state index < -0.39 is 0 Å². The molecule has 5 nitrogen and oxygen atoms in total. The molecule has 7 heteroatoms. The van der Waals surface area contributed by atoms with Crippen molar-refractivity contribution in [2.45, 2.75) is 13.8 Å². The number of carbonyl (C=O) groups excluding carboxylic acids is 1. The molecule has 1 aromatic heterocycles. The third kappa shape index (κ3) is 4.66. The maximum absolute atomic E-state index is 14.2. The highest BCUT2D eigenvalue weighted by Gasteiger charge is 2.27. The largest absolute Gasteiger partial charge is 0.366 e. The molecule has 1 aliphatic heterocycles. The van der Waals surface area contributed by atoms with E-state index in [1.54, 1.807) is 28.9 Å². The summed E-state index contributed by atoms with van der Waals surface area (Å²) in [7, 11) is 0. The molecule has 0 radical (unpaired) electrons. The maximum atomic E-state index is 14.2. The highest BCUT2D eigenvalue weighted by atomic mass is 35.5. The van der Waals surface area contributed by atoms with Gasteiger partial charge in [0.05, 0.1) is 17.1 Å². The topological polar surface area (TPSA) is 41.4 Å². The van der Waals surface area contributed by atoms with Gasteiger partial charge in [-0.25, -0.2) is 9.07 Å². The minimum atomic E-state index is -0.244. The molecule has 1 aliphatic rings. The molecule has 5 rings (SSSR count). The van der Waals surface area contributed by atoms with Gasteiger partial charge in [0.15, 0.2) is 0 Å². The van der Waals surface area contributed by atoms with Crippen molar-refractivity contribution in [2.75, 3.05) is 31.1 Å². The van der Waals surface area contributed by atoms with Gasteiger partial charge in [-0.3, -0.25) is 4.79 Å². The monoisotopic (exact) mass is 488 g/mol. The second kappa shape index (κ2) is 9.55. The summed E-state index contributed by atoms with van der Waals surface area (Å²) in [5.41, 5.74) is 5.88. The zero-order chi connectivity index (χ0) is 24.5. The average molecular weight is 489 g/mol. The Labute approximate surface area is 209 Å². The standard InChI is InChI=1S/C28H26ClFN4O/c1-19-7-8-21(17-20(19)2)25-18-27(34(31-25)23-11-9-22(29)10-12-23)28(35)33-15-13-32(14-16-33)26-6-4-3-5-24(26)30/h3-12,17-18H,13-16H2,1-2H3. The Hall–Kier alpha value is -3.64. The minimum Gasteiger partial charge on any atom is -0.366 e. The van der Waals surface area contributed by atoms with Gasteiger partial charge in [0.1, 0.15) is 11.5 Å². The van der Waals surface area contributed by atoms with Crippen LogP contribution in [-0.2, 0) is 0 Å². The van der Waals surface area contributed by atoms with E-state index in [-0.39, 0.29) is 11.7 Å². The number of benzene rings is 3. The third-order valence-electron chi connectivity index (χ3n) is 6.56. The summed E-state index contributed by atoms with van der Waals surface area (Å²) in [6.07, 6.45) is 0. The van der Waals surface area contributed by atoms with Crippen LogP contribution in [0.3, 0.4) is 0 Å². The van der Waals surface area contributed by atoms with Gasteiger partial charge in [-0.2, -0.15) is 5.10 Å². The van der Waals surface area contributed by atoms with E-state index in [1.807, 2.05) is 40.1 Å². The Morgan fingerprint density at radius 3 is 2.29 bits per heavy atom. The smallest absolute Gasteiger partial charge is 0.272 e. The fraction of sp³-hybridized carbons (Fsp3) is 0.214. The summed E-state index contributed by atoms with van der Waals surface area (Å²) in [5, 5.41) is 5.43. The van der Waals surface area contributed by atoms with E-state index in [1.165, 1.54) is 17.2 Å². The first kappa shape index (κ1) is 23.1. The van der Waals surface area contributed by atoms with Crippen LogP contribution in [0.2, 0.25) is 5.02 Å². The SMILES string of the molecule is Cc1ccc(-c2cc(C(=O)N3CCN(c4ccccc4F)CC3)n(-c3ccc(Cl)cc3)n2)cc1C. The van der Waals surface area contributed by atoms with E-state index in [4.69, 9.17) is 16.7 Å². The molecule has 4 aromatic rings. The van der Waals surface area contributed by atoms with E-state index in [0.717, 1.165) is 16.9 Å². The number of rotatable bonds is 4. The molecule has 0 saturated carbocycles. The number of para-hydroxylation sites is 1. The van der Waals surface area contributed by atoms with Crippen molar-refractivity contribution in [3.8, 4) is 16.9 Å². The number of piperazine rings is 1.